The first kappa shape index (κ1) is 18.6. The second kappa shape index (κ2) is 8.03. The van der Waals surface area contributed by atoms with Crippen molar-refractivity contribution in [2.45, 2.75) is 39.2 Å². The molecule has 0 saturated carbocycles. The highest BCUT2D eigenvalue weighted by molar-refractivity contribution is 9.10. The zero-order valence-corrected chi connectivity index (χ0v) is 16.4. The molecular formula is C19H23BrN4O2. The van der Waals surface area contributed by atoms with Gasteiger partial charge in [0.2, 0.25) is 5.91 Å². The van der Waals surface area contributed by atoms with Crippen molar-refractivity contribution in [3.05, 3.63) is 51.3 Å². The lowest BCUT2D eigenvalue weighted by atomic mass is 9.94. The number of nitrogens with two attached hydrogens (primary N) is 1. The van der Waals surface area contributed by atoms with Crippen molar-refractivity contribution in [1.29, 1.82) is 0 Å². The predicted molar refractivity (Wildman–Crippen MR) is 103 cm³/mol. The van der Waals surface area contributed by atoms with Crippen LogP contribution in [0.25, 0.3) is 0 Å². The summed E-state index contributed by atoms with van der Waals surface area (Å²) in [6.45, 7) is 3.41. The molecule has 0 bridgehead atoms. The number of rotatable bonds is 6. The second-order valence-electron chi connectivity index (χ2n) is 6.84. The zero-order chi connectivity index (χ0) is 18.7. The molecule has 6 nitrogen and oxygen atoms in total. The van der Waals surface area contributed by atoms with Crippen LogP contribution >= 0.6 is 15.9 Å². The molecule has 0 aliphatic carbocycles. The molecule has 1 aromatic carbocycles. The highest BCUT2D eigenvalue weighted by Crippen LogP contribution is 2.22. The summed E-state index contributed by atoms with van der Waals surface area (Å²) in [4.78, 5) is 23.6. The van der Waals surface area contributed by atoms with Gasteiger partial charge in [-0.2, -0.15) is 5.10 Å². The number of primary amides is 1. The van der Waals surface area contributed by atoms with Gasteiger partial charge in [0.25, 0.3) is 5.91 Å². The molecule has 1 atom stereocenters. The molecular weight excluding hydrogens is 396 g/mol. The molecule has 0 radical (unpaired) electrons. The third-order valence-electron chi connectivity index (χ3n) is 4.90. The first-order valence-corrected chi connectivity index (χ1v) is 9.59. The van der Waals surface area contributed by atoms with E-state index < -0.39 is 5.91 Å². The highest BCUT2D eigenvalue weighted by Gasteiger charge is 2.24. The number of hydrogen-bond donors (Lipinski definition) is 2. The van der Waals surface area contributed by atoms with Crippen LogP contribution in [0.3, 0.4) is 0 Å². The largest absolute Gasteiger partial charge is 0.365 e. The van der Waals surface area contributed by atoms with Crippen molar-refractivity contribution in [1.82, 2.24) is 15.1 Å². The Labute approximate surface area is 161 Å². The van der Waals surface area contributed by atoms with E-state index in [0.29, 0.717) is 30.9 Å². The van der Waals surface area contributed by atoms with E-state index in [4.69, 9.17) is 5.73 Å². The van der Waals surface area contributed by atoms with Crippen LogP contribution in [0.4, 0.5) is 0 Å². The fraction of sp³-hybridized carbons (Fsp3) is 0.421. The van der Waals surface area contributed by atoms with E-state index in [2.05, 4.69) is 32.4 Å². The standard InChI is InChI=1S/C19H23BrN4O2/c1-12-8-13(2-4-16(12)20)3-5-18(25)22-10-14-6-7-24-17(9-14)15(11-23-24)19(21)26/h2,4,8,11,14H,3,5-7,9-10H2,1H3,(H2,21,26)(H,22,25). The minimum absolute atomic E-state index is 0.0553. The molecule has 1 aliphatic rings. The minimum atomic E-state index is -0.444. The SMILES string of the molecule is Cc1cc(CCC(=O)NCC2CCn3ncc(C(N)=O)c3C2)ccc1Br. The first-order valence-electron chi connectivity index (χ1n) is 8.80. The Kier molecular flexibility index (Phi) is 5.76. The molecule has 3 N–H and O–H groups in total. The van der Waals surface area contributed by atoms with Gasteiger partial charge >= 0.3 is 0 Å². The summed E-state index contributed by atoms with van der Waals surface area (Å²) in [6, 6.07) is 6.16. The maximum absolute atomic E-state index is 12.2. The van der Waals surface area contributed by atoms with Gasteiger partial charge in [-0.3, -0.25) is 14.3 Å². The maximum atomic E-state index is 12.2. The predicted octanol–water partition coefficient (Wildman–Crippen LogP) is 2.36. The fourth-order valence-corrected chi connectivity index (χ4v) is 3.59. The molecule has 2 heterocycles. The molecule has 1 unspecified atom stereocenters. The van der Waals surface area contributed by atoms with Gasteiger partial charge in [-0.05, 0) is 49.3 Å². The summed E-state index contributed by atoms with van der Waals surface area (Å²) in [6.07, 6.45) is 4.38. The quantitative estimate of drug-likeness (QED) is 0.754. The van der Waals surface area contributed by atoms with Crippen LogP contribution in [0.2, 0.25) is 0 Å². The summed E-state index contributed by atoms with van der Waals surface area (Å²) >= 11 is 3.49. The molecule has 2 aromatic rings. The maximum Gasteiger partial charge on any atom is 0.252 e. The number of nitrogens with one attached hydrogen (secondary N) is 1. The number of benzene rings is 1. The van der Waals surface area contributed by atoms with Crippen molar-refractivity contribution in [2.24, 2.45) is 11.7 Å². The van der Waals surface area contributed by atoms with Gasteiger partial charge in [0.05, 0.1) is 17.5 Å². The average molecular weight is 419 g/mol. The molecule has 2 amide bonds. The fourth-order valence-electron chi connectivity index (χ4n) is 3.35. The Bertz CT molecular complexity index is 831. The van der Waals surface area contributed by atoms with E-state index in [1.807, 2.05) is 23.7 Å². The number of hydrogen-bond acceptors (Lipinski definition) is 3. The van der Waals surface area contributed by atoms with E-state index in [0.717, 1.165) is 35.1 Å². The number of carbonyl (C=O) groups excluding carboxylic acids is 2. The van der Waals surface area contributed by atoms with Gasteiger partial charge < -0.3 is 11.1 Å². The van der Waals surface area contributed by atoms with Crippen molar-refractivity contribution >= 4 is 27.7 Å². The number of amides is 2. The highest BCUT2D eigenvalue weighted by atomic mass is 79.9. The zero-order valence-electron chi connectivity index (χ0n) is 14.8. The topological polar surface area (TPSA) is 90.0 Å². The van der Waals surface area contributed by atoms with E-state index in [1.165, 1.54) is 5.56 Å². The Morgan fingerprint density at radius 1 is 1.42 bits per heavy atom. The molecule has 26 heavy (non-hydrogen) atoms. The molecule has 3 rings (SSSR count). The Morgan fingerprint density at radius 2 is 2.23 bits per heavy atom. The van der Waals surface area contributed by atoms with Crippen molar-refractivity contribution in [2.75, 3.05) is 6.54 Å². The minimum Gasteiger partial charge on any atom is -0.365 e. The molecule has 1 aliphatic heterocycles. The van der Waals surface area contributed by atoms with Crippen LogP contribution in [0, 0.1) is 12.8 Å². The van der Waals surface area contributed by atoms with E-state index >= 15 is 0 Å². The van der Waals surface area contributed by atoms with Crippen LogP contribution in [-0.4, -0.2) is 28.1 Å². The lowest BCUT2D eigenvalue weighted by Crippen LogP contribution is -2.34. The van der Waals surface area contributed by atoms with Crippen LogP contribution in [-0.2, 0) is 24.2 Å². The third-order valence-corrected chi connectivity index (χ3v) is 5.79. The molecule has 0 fully saturated rings. The molecule has 7 heteroatoms. The summed E-state index contributed by atoms with van der Waals surface area (Å²) in [5.74, 6) is -0.0864. The van der Waals surface area contributed by atoms with Gasteiger partial charge in [0.1, 0.15) is 0 Å². The Morgan fingerprint density at radius 3 is 2.96 bits per heavy atom. The lowest BCUT2D eigenvalue weighted by Gasteiger charge is -2.24. The molecule has 0 spiro atoms. The average Bonchev–Trinajstić information content (AvgIpc) is 3.04. The smallest absolute Gasteiger partial charge is 0.252 e. The van der Waals surface area contributed by atoms with Gasteiger partial charge in [0, 0.05) is 24.0 Å². The summed E-state index contributed by atoms with van der Waals surface area (Å²) in [7, 11) is 0. The normalized spacial score (nSPS) is 16.2. The van der Waals surface area contributed by atoms with Gasteiger partial charge in [0.15, 0.2) is 0 Å². The molecule has 1 aromatic heterocycles. The number of aromatic nitrogens is 2. The van der Waals surface area contributed by atoms with Crippen molar-refractivity contribution in [3.63, 3.8) is 0 Å². The van der Waals surface area contributed by atoms with E-state index in [1.54, 1.807) is 6.20 Å². The van der Waals surface area contributed by atoms with Gasteiger partial charge in [-0.25, -0.2) is 0 Å². The van der Waals surface area contributed by atoms with Gasteiger partial charge in [-0.1, -0.05) is 28.1 Å². The Balaban J connectivity index is 1.48. The van der Waals surface area contributed by atoms with Crippen LogP contribution in [0.5, 0.6) is 0 Å². The first-order chi connectivity index (χ1) is 12.4. The number of aryl methyl sites for hydroxylation is 3. The number of carbonyl (C=O) groups is 2. The molecule has 138 valence electrons. The lowest BCUT2D eigenvalue weighted by molar-refractivity contribution is -0.121. The third kappa shape index (κ3) is 4.33. The number of halogens is 1. The van der Waals surface area contributed by atoms with Gasteiger partial charge in [-0.15, -0.1) is 0 Å². The Hall–Kier alpha value is -2.15. The van der Waals surface area contributed by atoms with Crippen LogP contribution in [0.1, 0.15) is 40.0 Å². The number of fused-ring (bicyclic) bond motifs is 1. The summed E-state index contributed by atoms with van der Waals surface area (Å²) in [5, 5.41) is 7.24. The van der Waals surface area contributed by atoms with Crippen molar-refractivity contribution < 1.29 is 9.59 Å². The van der Waals surface area contributed by atoms with E-state index in [-0.39, 0.29) is 5.91 Å². The van der Waals surface area contributed by atoms with Crippen LogP contribution in [0.15, 0.2) is 28.9 Å². The van der Waals surface area contributed by atoms with Crippen molar-refractivity contribution in [3.8, 4) is 0 Å². The second-order valence-corrected chi connectivity index (χ2v) is 7.69. The summed E-state index contributed by atoms with van der Waals surface area (Å²) < 4.78 is 2.92. The van der Waals surface area contributed by atoms with Crippen LogP contribution < -0.4 is 11.1 Å². The van der Waals surface area contributed by atoms with E-state index in [9.17, 15) is 9.59 Å². The summed E-state index contributed by atoms with van der Waals surface area (Å²) in [5.41, 5.74) is 9.11. The monoisotopic (exact) mass is 418 g/mol. The molecule has 0 saturated heterocycles. The number of nitrogens with zero attached hydrogens (tertiary/aromatic N) is 2.